The summed E-state index contributed by atoms with van der Waals surface area (Å²) in [6.07, 6.45) is 0.0375. The van der Waals surface area contributed by atoms with Crippen LogP contribution in [0.1, 0.15) is 45.7 Å². The first-order valence-corrected chi connectivity index (χ1v) is 11.8. The van der Waals surface area contributed by atoms with Gasteiger partial charge in [0.25, 0.3) is 0 Å². The maximum Gasteiger partial charge on any atom is 0.494 e. The van der Waals surface area contributed by atoms with Gasteiger partial charge in [0.05, 0.1) is 11.2 Å². The van der Waals surface area contributed by atoms with E-state index in [0.717, 1.165) is 5.46 Å². The molecule has 0 spiro atoms. The minimum absolute atomic E-state index is 0.0122. The van der Waals surface area contributed by atoms with Gasteiger partial charge in [-0.2, -0.15) is 0 Å². The van der Waals surface area contributed by atoms with Gasteiger partial charge in [0.2, 0.25) is 11.8 Å². The Hall–Kier alpha value is -3.24. The van der Waals surface area contributed by atoms with Gasteiger partial charge >= 0.3 is 13.1 Å². The maximum atomic E-state index is 13.6. The molecule has 2 aromatic carbocycles. The van der Waals surface area contributed by atoms with Crippen molar-refractivity contribution in [1.29, 1.82) is 0 Å². The molecule has 2 atom stereocenters. The highest BCUT2D eigenvalue weighted by Crippen LogP contribution is 2.36. The van der Waals surface area contributed by atoms with Crippen LogP contribution in [0.25, 0.3) is 0 Å². The number of aliphatic carboxylic acids is 1. The summed E-state index contributed by atoms with van der Waals surface area (Å²) in [7, 11) is -0.541. The molecule has 10 heteroatoms. The average molecular weight is 498 g/mol. The first kappa shape index (κ1) is 27.4. The topological polar surface area (TPSA) is 114 Å². The number of carbonyl (C=O) groups excluding carboxylic acids is 2. The summed E-state index contributed by atoms with van der Waals surface area (Å²) in [5.41, 5.74) is 1.02. The van der Waals surface area contributed by atoms with E-state index in [1.807, 2.05) is 39.8 Å². The van der Waals surface area contributed by atoms with Gasteiger partial charge in [0.15, 0.2) is 0 Å². The van der Waals surface area contributed by atoms with Crippen molar-refractivity contribution < 1.29 is 33.2 Å². The number of carboxylic acids is 1. The van der Waals surface area contributed by atoms with E-state index in [9.17, 15) is 23.9 Å². The molecule has 36 heavy (non-hydrogen) atoms. The minimum atomic E-state index is -1.23. The van der Waals surface area contributed by atoms with Gasteiger partial charge in [-0.25, -0.2) is 9.18 Å². The van der Waals surface area contributed by atoms with Gasteiger partial charge in [-0.15, -0.1) is 0 Å². The summed E-state index contributed by atoms with van der Waals surface area (Å²) < 4.78 is 25.7. The zero-order chi connectivity index (χ0) is 26.7. The van der Waals surface area contributed by atoms with Crippen LogP contribution in [-0.2, 0) is 36.5 Å². The number of carbonyl (C=O) groups is 3. The largest absolute Gasteiger partial charge is 0.494 e. The van der Waals surface area contributed by atoms with Gasteiger partial charge in [0.1, 0.15) is 17.9 Å². The summed E-state index contributed by atoms with van der Waals surface area (Å²) >= 11 is 0. The van der Waals surface area contributed by atoms with Crippen LogP contribution in [0.4, 0.5) is 4.39 Å². The molecule has 1 saturated heterocycles. The lowest BCUT2D eigenvalue weighted by Gasteiger charge is -2.32. The van der Waals surface area contributed by atoms with Crippen LogP contribution in [0, 0.1) is 5.82 Å². The number of hydrogen-bond donors (Lipinski definition) is 3. The third-order valence-corrected chi connectivity index (χ3v) is 6.58. The highest BCUT2D eigenvalue weighted by Gasteiger charge is 2.51. The van der Waals surface area contributed by atoms with Crippen LogP contribution in [0.2, 0.25) is 0 Å². The Morgan fingerprint density at radius 2 is 1.50 bits per heavy atom. The number of benzene rings is 2. The Morgan fingerprint density at radius 3 is 2.03 bits per heavy atom. The van der Waals surface area contributed by atoms with Crippen molar-refractivity contribution >= 4 is 30.4 Å². The molecule has 3 N–H and O–H groups in total. The van der Waals surface area contributed by atoms with Crippen molar-refractivity contribution in [2.24, 2.45) is 0 Å². The quantitative estimate of drug-likeness (QED) is 0.456. The minimum Gasteiger partial charge on any atom is -0.480 e. The third kappa shape index (κ3) is 6.70. The standard InChI is InChI=1S/C26H32BFN2O6/c1-16(31)29-21(15-18-7-6-8-20(28)13-18)23(32)30-22(24(33)34)14-17-9-11-19(12-10-17)27-35-25(2,3)26(4,5)36-27/h6-13,21-22H,14-15H2,1-5H3,(H,29,31)(H,30,32)(H,33,34)/t21-,22+/m0/s1. The number of nitrogens with one attached hydrogen (secondary N) is 2. The molecule has 0 bridgehead atoms. The van der Waals surface area contributed by atoms with E-state index in [-0.39, 0.29) is 12.8 Å². The fraction of sp³-hybridized carbons (Fsp3) is 0.423. The molecule has 1 aliphatic heterocycles. The fourth-order valence-electron chi connectivity index (χ4n) is 3.85. The van der Waals surface area contributed by atoms with Crippen molar-refractivity contribution in [3.63, 3.8) is 0 Å². The van der Waals surface area contributed by atoms with Crippen molar-refractivity contribution in [3.05, 3.63) is 65.5 Å². The Morgan fingerprint density at radius 1 is 0.917 bits per heavy atom. The lowest BCUT2D eigenvalue weighted by Crippen LogP contribution is -2.52. The first-order chi connectivity index (χ1) is 16.8. The molecule has 192 valence electrons. The van der Waals surface area contributed by atoms with Crippen molar-refractivity contribution in [2.75, 3.05) is 0 Å². The molecule has 0 unspecified atom stereocenters. The number of halogens is 1. The van der Waals surface area contributed by atoms with E-state index >= 15 is 0 Å². The Balaban J connectivity index is 1.69. The summed E-state index contributed by atoms with van der Waals surface area (Å²) in [5.74, 6) is -2.82. The van der Waals surface area contributed by atoms with Gasteiger partial charge in [-0.3, -0.25) is 9.59 Å². The molecular weight excluding hydrogens is 466 g/mol. The lowest BCUT2D eigenvalue weighted by atomic mass is 9.78. The molecule has 8 nitrogen and oxygen atoms in total. The fourth-order valence-corrected chi connectivity index (χ4v) is 3.85. The van der Waals surface area contributed by atoms with Crippen LogP contribution in [0.15, 0.2) is 48.5 Å². The zero-order valence-corrected chi connectivity index (χ0v) is 21.1. The average Bonchev–Trinajstić information content (AvgIpc) is 2.99. The summed E-state index contributed by atoms with van der Waals surface area (Å²) in [6, 6.07) is 10.5. The van der Waals surface area contributed by atoms with Gasteiger partial charge in [-0.05, 0) is 56.4 Å². The van der Waals surface area contributed by atoms with Crippen LogP contribution in [0.3, 0.4) is 0 Å². The monoisotopic (exact) mass is 498 g/mol. The SMILES string of the molecule is CC(=O)N[C@@H](Cc1cccc(F)c1)C(=O)N[C@H](Cc1ccc(B2OC(C)(C)C(C)(C)O2)cc1)C(=O)O. The van der Waals surface area contributed by atoms with E-state index in [1.165, 1.54) is 25.1 Å². The zero-order valence-electron chi connectivity index (χ0n) is 21.1. The number of amides is 2. The predicted molar refractivity (Wildman–Crippen MR) is 133 cm³/mol. The molecule has 1 heterocycles. The number of rotatable bonds is 9. The lowest BCUT2D eigenvalue weighted by molar-refractivity contribution is -0.142. The first-order valence-electron chi connectivity index (χ1n) is 11.8. The number of carboxylic acid groups (broad SMARTS) is 1. The summed E-state index contributed by atoms with van der Waals surface area (Å²) in [5, 5.41) is 14.7. The Kier molecular flexibility index (Phi) is 8.21. The highest BCUT2D eigenvalue weighted by molar-refractivity contribution is 6.62. The Labute approximate surface area is 210 Å². The van der Waals surface area contributed by atoms with E-state index in [0.29, 0.717) is 11.1 Å². The second kappa shape index (κ2) is 10.8. The molecule has 2 aromatic rings. The second-order valence-corrected chi connectivity index (χ2v) is 10.0. The molecular formula is C26H32BFN2O6. The maximum absolute atomic E-state index is 13.6. The van der Waals surface area contributed by atoms with Crippen LogP contribution < -0.4 is 16.1 Å². The molecule has 0 saturated carbocycles. The Bertz CT molecular complexity index is 1110. The van der Waals surface area contributed by atoms with E-state index in [1.54, 1.807) is 18.2 Å². The molecule has 1 aliphatic rings. The van der Waals surface area contributed by atoms with Gasteiger partial charge in [-0.1, -0.05) is 36.4 Å². The third-order valence-electron chi connectivity index (χ3n) is 6.58. The highest BCUT2D eigenvalue weighted by atomic mass is 19.1. The van der Waals surface area contributed by atoms with Crippen LogP contribution >= 0.6 is 0 Å². The van der Waals surface area contributed by atoms with Crippen molar-refractivity contribution in [2.45, 2.75) is 70.7 Å². The van der Waals surface area contributed by atoms with E-state index < -0.39 is 54.0 Å². The molecule has 3 rings (SSSR count). The van der Waals surface area contributed by atoms with Crippen LogP contribution in [-0.4, -0.2) is 53.3 Å². The molecule has 0 aromatic heterocycles. The smallest absolute Gasteiger partial charge is 0.480 e. The normalized spacial score (nSPS) is 17.8. The van der Waals surface area contributed by atoms with Crippen molar-refractivity contribution in [1.82, 2.24) is 10.6 Å². The molecule has 1 fully saturated rings. The van der Waals surface area contributed by atoms with E-state index in [2.05, 4.69) is 10.6 Å². The number of hydrogen-bond acceptors (Lipinski definition) is 5. The summed E-state index contributed by atoms with van der Waals surface area (Å²) in [4.78, 5) is 36.5. The summed E-state index contributed by atoms with van der Waals surface area (Å²) in [6.45, 7) is 9.10. The molecule has 0 radical (unpaired) electrons. The van der Waals surface area contributed by atoms with Gasteiger partial charge < -0.3 is 25.0 Å². The van der Waals surface area contributed by atoms with E-state index in [4.69, 9.17) is 9.31 Å². The van der Waals surface area contributed by atoms with Gasteiger partial charge in [0, 0.05) is 19.8 Å². The van der Waals surface area contributed by atoms with Crippen LogP contribution in [0.5, 0.6) is 0 Å². The molecule has 2 amide bonds. The predicted octanol–water partition coefficient (Wildman–Crippen LogP) is 1.98. The molecule has 0 aliphatic carbocycles. The second-order valence-electron chi connectivity index (χ2n) is 10.0. The van der Waals surface area contributed by atoms with Crippen molar-refractivity contribution in [3.8, 4) is 0 Å².